The molecule has 8 N–H and O–H groups in total. The molecule has 0 saturated carbocycles. The van der Waals surface area contributed by atoms with Gasteiger partial charge in [-0.15, -0.1) is 0 Å². The molecule has 0 aliphatic carbocycles. The SMILES string of the molecule is O=C1CC[C@@H](C(=O)O)N1.OCC(O)CO.OCC(O)CO. The van der Waals surface area contributed by atoms with Crippen LogP contribution in [-0.4, -0.2) is 92.3 Å². The van der Waals surface area contributed by atoms with Crippen molar-refractivity contribution >= 4 is 11.9 Å². The lowest BCUT2D eigenvalue weighted by atomic mass is 10.2. The molecule has 21 heavy (non-hydrogen) atoms. The first-order valence-electron chi connectivity index (χ1n) is 6.14. The molecule has 0 radical (unpaired) electrons. The summed E-state index contributed by atoms with van der Waals surface area (Å²) in [4.78, 5) is 20.5. The molecular formula is C11H23NO9. The van der Waals surface area contributed by atoms with Crippen molar-refractivity contribution in [1.82, 2.24) is 5.32 Å². The molecule has 0 aromatic heterocycles. The highest BCUT2D eigenvalue weighted by Crippen LogP contribution is 2.05. The molecule has 1 amide bonds. The number of rotatable bonds is 5. The molecule has 0 aromatic carbocycles. The van der Waals surface area contributed by atoms with E-state index in [1.807, 2.05) is 0 Å². The lowest BCUT2D eigenvalue weighted by molar-refractivity contribution is -0.140. The molecule has 126 valence electrons. The number of aliphatic hydroxyl groups is 6. The maximum atomic E-state index is 10.4. The molecule has 1 atom stereocenters. The number of aliphatic carboxylic acids is 1. The van der Waals surface area contributed by atoms with Gasteiger partial charge in [0.25, 0.3) is 0 Å². The van der Waals surface area contributed by atoms with Crippen molar-refractivity contribution in [3.63, 3.8) is 0 Å². The Morgan fingerprint density at radius 3 is 1.52 bits per heavy atom. The predicted octanol–water partition coefficient (Wildman–Crippen LogP) is -3.99. The number of carbonyl (C=O) groups is 2. The van der Waals surface area contributed by atoms with Crippen LogP contribution >= 0.6 is 0 Å². The van der Waals surface area contributed by atoms with E-state index in [2.05, 4.69) is 5.32 Å². The van der Waals surface area contributed by atoms with Crippen LogP contribution in [0.1, 0.15) is 12.8 Å². The van der Waals surface area contributed by atoms with Crippen LogP contribution in [0, 0.1) is 0 Å². The highest BCUT2D eigenvalue weighted by Gasteiger charge is 2.26. The molecule has 1 rings (SSSR count). The first-order valence-corrected chi connectivity index (χ1v) is 6.14. The number of aliphatic hydroxyl groups excluding tert-OH is 6. The van der Waals surface area contributed by atoms with Crippen LogP contribution in [0.25, 0.3) is 0 Å². The van der Waals surface area contributed by atoms with Crippen LogP contribution in [0.3, 0.4) is 0 Å². The molecule has 1 aliphatic rings. The summed E-state index contributed by atoms with van der Waals surface area (Å²) in [5.74, 6) is -1.11. The van der Waals surface area contributed by atoms with E-state index in [1.165, 1.54) is 0 Å². The van der Waals surface area contributed by atoms with Gasteiger partial charge in [-0.2, -0.15) is 0 Å². The van der Waals surface area contributed by atoms with E-state index in [1.54, 1.807) is 0 Å². The van der Waals surface area contributed by atoms with Gasteiger partial charge in [-0.25, -0.2) is 4.79 Å². The van der Waals surface area contributed by atoms with Gasteiger partial charge in [0.15, 0.2) is 0 Å². The average Bonchev–Trinajstić information content (AvgIpc) is 2.93. The van der Waals surface area contributed by atoms with Gasteiger partial charge in [-0.1, -0.05) is 0 Å². The molecule has 10 heteroatoms. The number of hydrogen-bond donors (Lipinski definition) is 8. The summed E-state index contributed by atoms with van der Waals surface area (Å²) in [6.07, 6.45) is -1.14. The summed E-state index contributed by atoms with van der Waals surface area (Å²) < 4.78 is 0. The van der Waals surface area contributed by atoms with Gasteiger partial charge < -0.3 is 41.1 Å². The Bertz CT molecular complexity index is 269. The third-order valence-corrected chi connectivity index (χ3v) is 2.14. The molecule has 0 spiro atoms. The fourth-order valence-corrected chi connectivity index (χ4v) is 0.915. The summed E-state index contributed by atoms with van der Waals surface area (Å²) in [6, 6.07) is -0.641. The Morgan fingerprint density at radius 1 is 1.05 bits per heavy atom. The lowest BCUT2D eigenvalue weighted by Crippen LogP contribution is -2.32. The number of hydrogen-bond acceptors (Lipinski definition) is 8. The maximum absolute atomic E-state index is 10.4. The summed E-state index contributed by atoms with van der Waals surface area (Å²) in [6.45, 7) is -1.46. The topological polar surface area (TPSA) is 188 Å². The van der Waals surface area contributed by atoms with Crippen molar-refractivity contribution in [1.29, 1.82) is 0 Å². The van der Waals surface area contributed by atoms with Crippen LogP contribution < -0.4 is 5.32 Å². The highest BCUT2D eigenvalue weighted by molar-refractivity contribution is 5.87. The second-order valence-corrected chi connectivity index (χ2v) is 4.03. The standard InChI is InChI=1S/C5H7NO3.2C3H8O3/c7-4-2-1-3(6-4)5(8)9;2*4-1-3(6)2-5/h3H,1-2H2,(H,6,7)(H,8,9);2*3-6H,1-2H2/t3-;;/m0../s1. The maximum Gasteiger partial charge on any atom is 0.326 e. The molecule has 0 bridgehead atoms. The third kappa shape index (κ3) is 13.4. The fourth-order valence-electron chi connectivity index (χ4n) is 0.915. The largest absolute Gasteiger partial charge is 0.480 e. The van der Waals surface area contributed by atoms with Crippen molar-refractivity contribution in [2.24, 2.45) is 0 Å². The molecule has 0 aromatic rings. The zero-order valence-corrected chi connectivity index (χ0v) is 11.4. The van der Waals surface area contributed by atoms with Gasteiger partial charge in [-0.05, 0) is 6.42 Å². The Labute approximate surface area is 121 Å². The highest BCUT2D eigenvalue weighted by atomic mass is 16.4. The van der Waals surface area contributed by atoms with Crippen molar-refractivity contribution in [3.8, 4) is 0 Å². The number of carboxylic acid groups (broad SMARTS) is 1. The fraction of sp³-hybridized carbons (Fsp3) is 0.818. The van der Waals surface area contributed by atoms with E-state index in [0.717, 1.165) is 0 Å². The Morgan fingerprint density at radius 2 is 1.43 bits per heavy atom. The first-order chi connectivity index (χ1) is 9.81. The van der Waals surface area contributed by atoms with Crippen LogP contribution in [0.4, 0.5) is 0 Å². The molecule has 1 aliphatic heterocycles. The molecule has 10 nitrogen and oxygen atoms in total. The van der Waals surface area contributed by atoms with E-state index in [0.29, 0.717) is 12.8 Å². The smallest absolute Gasteiger partial charge is 0.326 e. The second kappa shape index (κ2) is 13.7. The third-order valence-electron chi connectivity index (χ3n) is 2.14. The van der Waals surface area contributed by atoms with Gasteiger partial charge in [0.2, 0.25) is 5.91 Å². The minimum absolute atomic E-state index is 0.164. The normalized spacial score (nSPS) is 16.8. The summed E-state index contributed by atoms with van der Waals surface area (Å²) >= 11 is 0. The molecule has 1 saturated heterocycles. The number of nitrogens with one attached hydrogen (secondary N) is 1. The average molecular weight is 313 g/mol. The van der Waals surface area contributed by atoms with Gasteiger partial charge in [-0.3, -0.25) is 4.79 Å². The van der Waals surface area contributed by atoms with Crippen LogP contribution in [0.2, 0.25) is 0 Å². The zero-order chi connectivity index (χ0) is 16.8. The molecular weight excluding hydrogens is 290 g/mol. The quantitative estimate of drug-likeness (QED) is 0.250. The van der Waals surface area contributed by atoms with Gasteiger partial charge >= 0.3 is 5.97 Å². The second-order valence-electron chi connectivity index (χ2n) is 4.03. The van der Waals surface area contributed by atoms with E-state index in [4.69, 9.17) is 35.7 Å². The van der Waals surface area contributed by atoms with Gasteiger partial charge in [0, 0.05) is 6.42 Å². The van der Waals surface area contributed by atoms with Gasteiger partial charge in [0.1, 0.15) is 18.2 Å². The number of carbonyl (C=O) groups excluding carboxylic acids is 1. The Hall–Kier alpha value is -1.30. The van der Waals surface area contributed by atoms with E-state index < -0.39 is 24.2 Å². The van der Waals surface area contributed by atoms with Crippen molar-refractivity contribution in [2.75, 3.05) is 26.4 Å². The van der Waals surface area contributed by atoms with Crippen molar-refractivity contribution in [3.05, 3.63) is 0 Å². The Balaban J connectivity index is 0. The van der Waals surface area contributed by atoms with Crippen LogP contribution in [-0.2, 0) is 9.59 Å². The molecule has 1 heterocycles. The van der Waals surface area contributed by atoms with Crippen molar-refractivity contribution in [2.45, 2.75) is 31.1 Å². The van der Waals surface area contributed by atoms with E-state index in [-0.39, 0.29) is 32.3 Å². The van der Waals surface area contributed by atoms with Crippen LogP contribution in [0.15, 0.2) is 0 Å². The number of carboxylic acids is 1. The lowest BCUT2D eigenvalue weighted by Gasteiger charge is -1.99. The minimum atomic E-state index is -0.954. The Kier molecular flexibility index (Phi) is 14.3. The van der Waals surface area contributed by atoms with E-state index >= 15 is 0 Å². The minimum Gasteiger partial charge on any atom is -0.480 e. The first kappa shape index (κ1) is 22.0. The summed E-state index contributed by atoms with van der Waals surface area (Å²) in [7, 11) is 0. The van der Waals surface area contributed by atoms with Crippen LogP contribution in [0.5, 0.6) is 0 Å². The zero-order valence-electron chi connectivity index (χ0n) is 11.4. The summed E-state index contributed by atoms with van der Waals surface area (Å²) in [5.41, 5.74) is 0. The van der Waals surface area contributed by atoms with Crippen molar-refractivity contribution < 1.29 is 45.3 Å². The van der Waals surface area contributed by atoms with Gasteiger partial charge in [0.05, 0.1) is 26.4 Å². The predicted molar refractivity (Wildman–Crippen MR) is 69.2 cm³/mol. The monoisotopic (exact) mass is 313 g/mol. The number of amides is 1. The molecule has 0 unspecified atom stereocenters. The van der Waals surface area contributed by atoms with E-state index in [9.17, 15) is 9.59 Å². The molecule has 1 fully saturated rings. The summed E-state index contributed by atoms with van der Waals surface area (Å²) in [5, 5.41) is 58.7.